The van der Waals surface area contributed by atoms with Crippen molar-refractivity contribution in [1.29, 1.82) is 0 Å². The Morgan fingerprint density at radius 1 is 1.15 bits per heavy atom. The first-order chi connectivity index (χ1) is 9.51. The minimum atomic E-state index is -1.73. The van der Waals surface area contributed by atoms with E-state index < -0.39 is 8.32 Å². The molecule has 0 aliphatic rings. The topological polar surface area (TPSA) is 26.3 Å². The van der Waals surface area contributed by atoms with Crippen molar-refractivity contribution in [1.82, 2.24) is 0 Å². The molecular formula is C16H25BrO2Si. The van der Waals surface area contributed by atoms with Gasteiger partial charge in [-0.05, 0) is 35.8 Å². The van der Waals surface area contributed by atoms with Crippen molar-refractivity contribution in [2.24, 2.45) is 5.92 Å². The second-order valence-corrected chi connectivity index (χ2v) is 11.0. The van der Waals surface area contributed by atoms with Crippen molar-refractivity contribution in [2.45, 2.75) is 51.9 Å². The Bertz CT molecular complexity index is 407. The summed E-state index contributed by atoms with van der Waals surface area (Å²) in [4.78, 5) is 11.3. The molecule has 0 aliphatic heterocycles. The summed E-state index contributed by atoms with van der Waals surface area (Å²) in [5.74, 6) is -0.118. The van der Waals surface area contributed by atoms with Crippen LogP contribution >= 0.6 is 15.9 Å². The molecule has 0 aromatic heterocycles. The standard InChI is InChI=1S/C16H25BrO2Si/c1-5-20(6-2,7-3)19-16(13(4)12-18)14-8-10-15(17)11-9-14/h8-13,16H,5-7H2,1-4H3/t13-,16+/m0/s1. The first-order valence-corrected chi connectivity index (χ1v) is 10.7. The van der Waals surface area contributed by atoms with Crippen LogP contribution in [0.2, 0.25) is 18.1 Å². The minimum Gasteiger partial charge on any atom is -0.409 e. The maximum atomic E-state index is 11.3. The van der Waals surface area contributed by atoms with E-state index in [1.165, 1.54) is 0 Å². The quantitative estimate of drug-likeness (QED) is 0.463. The summed E-state index contributed by atoms with van der Waals surface area (Å²) in [6.45, 7) is 8.58. The Hall–Kier alpha value is -0.453. The smallest absolute Gasteiger partial charge is 0.192 e. The highest BCUT2D eigenvalue weighted by molar-refractivity contribution is 9.10. The fourth-order valence-electron chi connectivity index (χ4n) is 2.47. The summed E-state index contributed by atoms with van der Waals surface area (Å²) in [6, 6.07) is 11.4. The summed E-state index contributed by atoms with van der Waals surface area (Å²) in [7, 11) is -1.73. The zero-order valence-electron chi connectivity index (χ0n) is 12.9. The third-order valence-electron chi connectivity index (χ3n) is 4.20. The first-order valence-electron chi connectivity index (χ1n) is 7.40. The molecule has 0 fully saturated rings. The Balaban J connectivity index is 3.06. The third kappa shape index (κ3) is 4.27. The van der Waals surface area contributed by atoms with Gasteiger partial charge < -0.3 is 9.22 Å². The monoisotopic (exact) mass is 356 g/mol. The molecule has 0 aliphatic carbocycles. The van der Waals surface area contributed by atoms with Crippen molar-refractivity contribution in [2.75, 3.05) is 0 Å². The molecular weight excluding hydrogens is 332 g/mol. The molecule has 0 heterocycles. The lowest BCUT2D eigenvalue weighted by Crippen LogP contribution is -2.39. The number of hydrogen-bond donors (Lipinski definition) is 0. The van der Waals surface area contributed by atoms with Crippen LogP contribution in [-0.4, -0.2) is 14.6 Å². The molecule has 2 atom stereocenters. The zero-order chi connectivity index (χ0) is 15.2. The van der Waals surface area contributed by atoms with Crippen LogP contribution in [-0.2, 0) is 9.22 Å². The van der Waals surface area contributed by atoms with E-state index in [1.807, 2.05) is 19.1 Å². The molecule has 4 heteroatoms. The lowest BCUT2D eigenvalue weighted by atomic mass is 9.99. The maximum absolute atomic E-state index is 11.3. The molecule has 1 aromatic rings. The van der Waals surface area contributed by atoms with Crippen molar-refractivity contribution >= 4 is 30.5 Å². The van der Waals surface area contributed by atoms with Crippen LogP contribution in [0.25, 0.3) is 0 Å². The van der Waals surface area contributed by atoms with Crippen molar-refractivity contribution in [3.05, 3.63) is 34.3 Å². The van der Waals surface area contributed by atoms with Gasteiger partial charge in [-0.15, -0.1) is 0 Å². The molecule has 112 valence electrons. The van der Waals surface area contributed by atoms with Crippen LogP contribution in [0.4, 0.5) is 0 Å². The average molecular weight is 357 g/mol. The summed E-state index contributed by atoms with van der Waals surface area (Å²) in [6.07, 6.45) is 0.888. The number of carbonyl (C=O) groups excluding carboxylic acids is 1. The molecule has 2 nitrogen and oxygen atoms in total. The van der Waals surface area contributed by atoms with E-state index >= 15 is 0 Å². The lowest BCUT2D eigenvalue weighted by Gasteiger charge is -2.35. The maximum Gasteiger partial charge on any atom is 0.192 e. The summed E-state index contributed by atoms with van der Waals surface area (Å²) in [5, 5.41) is 0. The van der Waals surface area contributed by atoms with Gasteiger partial charge in [0.15, 0.2) is 8.32 Å². The lowest BCUT2D eigenvalue weighted by molar-refractivity contribution is -0.113. The Labute approximate surface area is 132 Å². The number of carbonyl (C=O) groups is 1. The number of benzene rings is 1. The molecule has 0 bridgehead atoms. The molecule has 0 unspecified atom stereocenters. The van der Waals surface area contributed by atoms with Gasteiger partial charge in [0.05, 0.1) is 6.10 Å². The second kappa shape index (κ2) is 8.10. The van der Waals surface area contributed by atoms with Crippen LogP contribution in [0, 0.1) is 5.92 Å². The average Bonchev–Trinajstić information content (AvgIpc) is 2.50. The number of aldehydes is 1. The fraction of sp³-hybridized carbons (Fsp3) is 0.562. The van der Waals surface area contributed by atoms with Gasteiger partial charge in [-0.1, -0.05) is 55.8 Å². The van der Waals surface area contributed by atoms with Crippen molar-refractivity contribution in [3.8, 4) is 0 Å². The molecule has 0 saturated heterocycles. The third-order valence-corrected chi connectivity index (χ3v) is 9.35. The van der Waals surface area contributed by atoms with E-state index in [1.54, 1.807) is 0 Å². The first kappa shape index (κ1) is 17.6. The van der Waals surface area contributed by atoms with Crippen molar-refractivity contribution < 1.29 is 9.22 Å². The van der Waals surface area contributed by atoms with E-state index in [9.17, 15) is 4.79 Å². The number of hydrogen-bond acceptors (Lipinski definition) is 2. The summed E-state index contributed by atoms with van der Waals surface area (Å²) >= 11 is 3.45. The minimum absolute atomic E-state index is 0.118. The molecule has 0 radical (unpaired) electrons. The van der Waals surface area contributed by atoms with Crippen LogP contribution in [0.5, 0.6) is 0 Å². The molecule has 20 heavy (non-hydrogen) atoms. The van der Waals surface area contributed by atoms with Gasteiger partial charge in [0.1, 0.15) is 6.29 Å². The van der Waals surface area contributed by atoms with Crippen LogP contribution in [0.3, 0.4) is 0 Å². The van der Waals surface area contributed by atoms with Crippen LogP contribution in [0.15, 0.2) is 28.7 Å². The van der Waals surface area contributed by atoms with Gasteiger partial charge in [-0.3, -0.25) is 0 Å². The van der Waals surface area contributed by atoms with E-state index in [4.69, 9.17) is 4.43 Å². The van der Waals surface area contributed by atoms with E-state index in [0.29, 0.717) is 0 Å². The molecule has 1 aromatic carbocycles. The SMILES string of the molecule is CC[Si](CC)(CC)O[C@@H](c1ccc(Br)cc1)[C@@H](C)C=O. The Kier molecular flexibility index (Phi) is 7.13. The van der Waals surface area contributed by atoms with Gasteiger partial charge in [0, 0.05) is 10.4 Å². The summed E-state index contributed by atoms with van der Waals surface area (Å²) in [5.41, 5.74) is 1.10. The van der Waals surface area contributed by atoms with Gasteiger partial charge >= 0.3 is 0 Å². The van der Waals surface area contributed by atoms with E-state index in [0.717, 1.165) is 34.5 Å². The van der Waals surface area contributed by atoms with E-state index in [2.05, 4.69) is 48.8 Å². The van der Waals surface area contributed by atoms with Gasteiger partial charge in [0.25, 0.3) is 0 Å². The molecule has 0 amide bonds. The fourth-order valence-corrected chi connectivity index (χ4v) is 5.63. The van der Waals surface area contributed by atoms with Crippen molar-refractivity contribution in [3.63, 3.8) is 0 Å². The van der Waals surface area contributed by atoms with Gasteiger partial charge in [-0.25, -0.2) is 0 Å². The predicted octanol–water partition coefficient (Wildman–Crippen LogP) is 5.35. The molecule has 0 N–H and O–H groups in total. The normalized spacial score (nSPS) is 14.8. The van der Waals surface area contributed by atoms with Crippen LogP contribution < -0.4 is 0 Å². The second-order valence-electron chi connectivity index (χ2n) is 5.33. The Morgan fingerprint density at radius 3 is 2.05 bits per heavy atom. The van der Waals surface area contributed by atoms with Gasteiger partial charge in [0.2, 0.25) is 0 Å². The van der Waals surface area contributed by atoms with Gasteiger partial charge in [-0.2, -0.15) is 0 Å². The van der Waals surface area contributed by atoms with E-state index in [-0.39, 0.29) is 12.0 Å². The number of rotatable bonds is 8. The molecule has 0 saturated carbocycles. The molecule has 0 spiro atoms. The highest BCUT2D eigenvalue weighted by Crippen LogP contribution is 2.34. The largest absolute Gasteiger partial charge is 0.409 e. The highest BCUT2D eigenvalue weighted by atomic mass is 79.9. The zero-order valence-corrected chi connectivity index (χ0v) is 15.4. The predicted molar refractivity (Wildman–Crippen MR) is 90.4 cm³/mol. The number of halogens is 1. The highest BCUT2D eigenvalue weighted by Gasteiger charge is 2.34. The van der Waals surface area contributed by atoms with Crippen LogP contribution in [0.1, 0.15) is 39.4 Å². The Morgan fingerprint density at radius 2 is 1.65 bits per heavy atom. The summed E-state index contributed by atoms with van der Waals surface area (Å²) < 4.78 is 7.60. The molecule has 1 rings (SSSR count).